The zero-order valence-electron chi connectivity index (χ0n) is 5.72. The van der Waals surface area contributed by atoms with E-state index in [2.05, 4.69) is 26.5 Å². The van der Waals surface area contributed by atoms with Gasteiger partial charge in [0.05, 0.1) is 0 Å². The molecule has 1 saturated heterocycles. The smallest absolute Gasteiger partial charge is 0.0200 e. The van der Waals surface area contributed by atoms with Gasteiger partial charge in [0.1, 0.15) is 0 Å². The molecule has 1 fully saturated rings. The van der Waals surface area contributed by atoms with Gasteiger partial charge in [0.2, 0.25) is 0 Å². The molecule has 0 aromatic carbocycles. The van der Waals surface area contributed by atoms with Crippen LogP contribution in [0, 0.1) is 17.6 Å². The minimum Gasteiger partial charge on any atom is -0.154 e. The highest BCUT2D eigenvalue weighted by atomic mass is 32.2. The number of rotatable bonds is 0. The van der Waals surface area contributed by atoms with Crippen LogP contribution < -0.4 is 0 Å². The van der Waals surface area contributed by atoms with Crippen molar-refractivity contribution in [3.63, 3.8) is 0 Å². The highest BCUT2D eigenvalue weighted by Gasteiger charge is 2.26. The van der Waals surface area contributed by atoms with Gasteiger partial charge in [-0.3, -0.25) is 0 Å². The SMILES string of the molecule is CC1[CH]SC(C)C1C. The van der Waals surface area contributed by atoms with Gasteiger partial charge < -0.3 is 0 Å². The number of thioether (sulfide) groups is 1. The molecule has 0 nitrogen and oxygen atoms in total. The molecule has 1 aliphatic rings. The van der Waals surface area contributed by atoms with Gasteiger partial charge in [-0.2, -0.15) is 11.8 Å². The zero-order valence-corrected chi connectivity index (χ0v) is 6.53. The van der Waals surface area contributed by atoms with Crippen molar-refractivity contribution in [2.75, 3.05) is 0 Å². The topological polar surface area (TPSA) is 0 Å². The van der Waals surface area contributed by atoms with Crippen molar-refractivity contribution in [2.45, 2.75) is 26.0 Å². The minimum absolute atomic E-state index is 0.829. The van der Waals surface area contributed by atoms with Crippen molar-refractivity contribution in [2.24, 2.45) is 11.8 Å². The van der Waals surface area contributed by atoms with Crippen LogP contribution in [-0.4, -0.2) is 5.25 Å². The lowest BCUT2D eigenvalue weighted by Gasteiger charge is -2.10. The second-order valence-corrected chi connectivity index (χ2v) is 3.98. The zero-order chi connectivity index (χ0) is 6.15. The van der Waals surface area contributed by atoms with E-state index in [0.29, 0.717) is 0 Å². The molecule has 0 aromatic heterocycles. The van der Waals surface area contributed by atoms with Crippen LogP contribution in [0.5, 0.6) is 0 Å². The summed E-state index contributed by atoms with van der Waals surface area (Å²) in [4.78, 5) is 0. The molecule has 0 amide bonds. The molecule has 1 heteroatoms. The first-order valence-electron chi connectivity index (χ1n) is 3.20. The van der Waals surface area contributed by atoms with E-state index < -0.39 is 0 Å². The molecular weight excluding hydrogens is 116 g/mol. The largest absolute Gasteiger partial charge is 0.154 e. The summed E-state index contributed by atoms with van der Waals surface area (Å²) >= 11 is 1.99. The first-order chi connectivity index (χ1) is 3.72. The van der Waals surface area contributed by atoms with Crippen molar-refractivity contribution >= 4 is 11.8 Å². The highest BCUT2D eigenvalue weighted by molar-refractivity contribution is 8.02. The van der Waals surface area contributed by atoms with Crippen LogP contribution in [0.1, 0.15) is 20.8 Å². The lowest BCUT2D eigenvalue weighted by Crippen LogP contribution is -2.08. The monoisotopic (exact) mass is 129 g/mol. The lowest BCUT2D eigenvalue weighted by atomic mass is 9.96. The van der Waals surface area contributed by atoms with Gasteiger partial charge in [0, 0.05) is 11.0 Å². The summed E-state index contributed by atoms with van der Waals surface area (Å²) in [6.45, 7) is 6.92. The van der Waals surface area contributed by atoms with Crippen molar-refractivity contribution < 1.29 is 0 Å². The first-order valence-corrected chi connectivity index (χ1v) is 4.15. The third-order valence-electron chi connectivity index (χ3n) is 2.08. The minimum atomic E-state index is 0.829. The Kier molecular flexibility index (Phi) is 1.86. The molecule has 3 unspecified atom stereocenters. The van der Waals surface area contributed by atoms with Crippen LogP contribution in [0.25, 0.3) is 0 Å². The summed E-state index contributed by atoms with van der Waals surface area (Å²) < 4.78 is 0. The van der Waals surface area contributed by atoms with Gasteiger partial charge >= 0.3 is 0 Å². The Morgan fingerprint density at radius 1 is 1.25 bits per heavy atom. The second-order valence-electron chi connectivity index (χ2n) is 2.70. The summed E-state index contributed by atoms with van der Waals surface area (Å²) in [5.41, 5.74) is 0. The molecule has 0 aliphatic carbocycles. The van der Waals surface area contributed by atoms with Gasteiger partial charge in [-0.05, 0) is 11.8 Å². The first kappa shape index (κ1) is 6.47. The molecule has 0 bridgehead atoms. The normalized spacial score (nSPS) is 47.6. The molecule has 1 radical (unpaired) electrons. The summed E-state index contributed by atoms with van der Waals surface area (Å²) in [7, 11) is 0. The van der Waals surface area contributed by atoms with Crippen molar-refractivity contribution in [1.29, 1.82) is 0 Å². The van der Waals surface area contributed by atoms with E-state index in [1.54, 1.807) is 0 Å². The number of hydrogen-bond donors (Lipinski definition) is 0. The Hall–Kier alpha value is 0.350. The van der Waals surface area contributed by atoms with Crippen LogP contribution in [0.4, 0.5) is 0 Å². The Morgan fingerprint density at radius 3 is 2.00 bits per heavy atom. The molecule has 0 saturated carbocycles. The van der Waals surface area contributed by atoms with E-state index in [-0.39, 0.29) is 0 Å². The van der Waals surface area contributed by atoms with Crippen LogP contribution in [-0.2, 0) is 0 Å². The Balaban J connectivity index is 2.44. The molecule has 47 valence electrons. The van der Waals surface area contributed by atoms with E-state index in [1.165, 1.54) is 0 Å². The lowest BCUT2D eigenvalue weighted by molar-refractivity contribution is 0.470. The molecule has 1 rings (SSSR count). The van der Waals surface area contributed by atoms with Crippen LogP contribution in [0.3, 0.4) is 0 Å². The summed E-state index contributed by atoms with van der Waals surface area (Å²) in [5.74, 6) is 4.07. The van der Waals surface area contributed by atoms with Crippen LogP contribution >= 0.6 is 11.8 Å². The Labute approximate surface area is 56.0 Å². The fourth-order valence-electron chi connectivity index (χ4n) is 0.923. The molecule has 0 aromatic rings. The van der Waals surface area contributed by atoms with Gasteiger partial charge in [-0.15, -0.1) is 0 Å². The van der Waals surface area contributed by atoms with E-state index in [1.807, 2.05) is 11.8 Å². The van der Waals surface area contributed by atoms with E-state index in [9.17, 15) is 0 Å². The third kappa shape index (κ3) is 1.02. The summed E-state index contributed by atoms with van der Waals surface area (Å²) in [6, 6.07) is 0. The van der Waals surface area contributed by atoms with Gasteiger partial charge in [0.15, 0.2) is 0 Å². The predicted octanol–water partition coefficient (Wildman–Crippen LogP) is 2.56. The van der Waals surface area contributed by atoms with Crippen LogP contribution in [0.2, 0.25) is 0 Å². The maximum Gasteiger partial charge on any atom is 0.0200 e. The van der Waals surface area contributed by atoms with Crippen molar-refractivity contribution in [3.8, 4) is 0 Å². The standard InChI is InChI=1S/C7H13S/c1-5-4-8-7(3)6(5)2/h4-7H,1-3H3. The Bertz CT molecular complexity index is 70.5. The van der Waals surface area contributed by atoms with E-state index >= 15 is 0 Å². The molecular formula is C7H13S. The average Bonchev–Trinajstić information content (AvgIpc) is 1.98. The molecule has 1 aliphatic heterocycles. The second kappa shape index (κ2) is 2.30. The van der Waals surface area contributed by atoms with Crippen LogP contribution in [0.15, 0.2) is 0 Å². The maximum absolute atomic E-state index is 2.36. The third-order valence-corrected chi connectivity index (χ3v) is 3.52. The van der Waals surface area contributed by atoms with Gasteiger partial charge in [0.25, 0.3) is 0 Å². The van der Waals surface area contributed by atoms with Gasteiger partial charge in [-0.1, -0.05) is 20.8 Å². The molecule has 8 heavy (non-hydrogen) atoms. The maximum atomic E-state index is 2.36. The van der Waals surface area contributed by atoms with E-state index in [0.717, 1.165) is 17.1 Å². The predicted molar refractivity (Wildman–Crippen MR) is 39.7 cm³/mol. The van der Waals surface area contributed by atoms with E-state index in [4.69, 9.17) is 0 Å². The molecule has 0 N–H and O–H groups in total. The summed E-state index contributed by atoms with van der Waals surface area (Å²) in [6.07, 6.45) is 0. The van der Waals surface area contributed by atoms with Crippen molar-refractivity contribution in [3.05, 3.63) is 5.75 Å². The molecule has 0 spiro atoms. The number of hydrogen-bond acceptors (Lipinski definition) is 1. The molecule has 3 atom stereocenters. The van der Waals surface area contributed by atoms with Crippen molar-refractivity contribution in [1.82, 2.24) is 0 Å². The highest BCUT2D eigenvalue weighted by Crippen LogP contribution is 2.39. The Morgan fingerprint density at radius 2 is 1.88 bits per heavy atom. The molecule has 1 heterocycles. The fourth-order valence-corrected chi connectivity index (χ4v) is 2.16. The quantitative estimate of drug-likeness (QED) is 0.484. The summed E-state index contributed by atoms with van der Waals surface area (Å²) in [5, 5.41) is 0.852. The average molecular weight is 129 g/mol. The fraction of sp³-hybridized carbons (Fsp3) is 0.857. The van der Waals surface area contributed by atoms with Gasteiger partial charge in [-0.25, -0.2) is 0 Å².